The number of hydrogen-bond acceptors (Lipinski definition) is 4. The second-order valence-electron chi connectivity index (χ2n) is 3.86. The Kier molecular flexibility index (Phi) is 1.51. The zero-order chi connectivity index (χ0) is 8.86. The third-order valence-corrected chi connectivity index (χ3v) is 2.07. The first kappa shape index (κ1) is 8.49. The van der Waals surface area contributed by atoms with Crippen LogP contribution in [0, 0.1) is 0 Å². The number of aliphatic imine (C=N–C) groups is 1. The molecule has 0 aliphatic carbocycles. The van der Waals surface area contributed by atoms with Gasteiger partial charge in [0.25, 0.3) is 0 Å². The van der Waals surface area contributed by atoms with Gasteiger partial charge in [0, 0.05) is 0 Å². The van der Waals surface area contributed by atoms with Crippen LogP contribution in [-0.4, -0.2) is 27.3 Å². The molecule has 0 aromatic heterocycles. The largest absolute Gasteiger partial charge is 0.386 e. The molecule has 4 heteroatoms. The molecule has 64 valence electrons. The van der Waals surface area contributed by atoms with Crippen molar-refractivity contribution in [2.75, 3.05) is 0 Å². The molecule has 1 rings (SSSR count). The van der Waals surface area contributed by atoms with Crippen LogP contribution in [0.5, 0.6) is 0 Å². The second-order valence-corrected chi connectivity index (χ2v) is 3.86. The summed E-state index contributed by atoms with van der Waals surface area (Å²) in [5.74, 6) is 0.477. The lowest BCUT2D eigenvalue weighted by molar-refractivity contribution is -0.188. The van der Waals surface area contributed by atoms with E-state index in [2.05, 4.69) is 4.99 Å². The normalized spacial score (nSPS) is 28.6. The average molecular weight is 157 g/mol. The van der Waals surface area contributed by atoms with Crippen LogP contribution >= 0.6 is 0 Å². The Bertz CT molecular complexity index is 208. The molecule has 0 saturated carbocycles. The SMILES string of the molecule is CC1(C)N=C(N)C(C)(C)N1O. The highest BCUT2D eigenvalue weighted by Crippen LogP contribution is 2.30. The summed E-state index contributed by atoms with van der Waals surface area (Å²) in [6.45, 7) is 7.30. The Hall–Kier alpha value is -0.610. The van der Waals surface area contributed by atoms with Crippen molar-refractivity contribution in [3.05, 3.63) is 0 Å². The van der Waals surface area contributed by atoms with Crippen molar-refractivity contribution in [2.24, 2.45) is 10.7 Å². The quantitative estimate of drug-likeness (QED) is 0.540. The molecule has 1 aliphatic rings. The van der Waals surface area contributed by atoms with E-state index in [9.17, 15) is 5.21 Å². The third-order valence-electron chi connectivity index (χ3n) is 2.07. The fourth-order valence-corrected chi connectivity index (χ4v) is 1.27. The molecule has 0 atom stereocenters. The Labute approximate surface area is 66.7 Å². The molecule has 0 aromatic carbocycles. The lowest BCUT2D eigenvalue weighted by Crippen LogP contribution is -2.51. The topological polar surface area (TPSA) is 61.8 Å². The highest BCUT2D eigenvalue weighted by Gasteiger charge is 2.45. The maximum Gasteiger partial charge on any atom is 0.132 e. The minimum Gasteiger partial charge on any atom is -0.386 e. The lowest BCUT2D eigenvalue weighted by Gasteiger charge is -2.32. The van der Waals surface area contributed by atoms with Crippen LogP contribution in [-0.2, 0) is 0 Å². The summed E-state index contributed by atoms with van der Waals surface area (Å²) in [4.78, 5) is 4.12. The van der Waals surface area contributed by atoms with Crippen molar-refractivity contribution in [1.82, 2.24) is 5.06 Å². The van der Waals surface area contributed by atoms with Gasteiger partial charge in [0.1, 0.15) is 11.5 Å². The fraction of sp³-hybridized carbons (Fsp3) is 0.857. The first-order valence-electron chi connectivity index (χ1n) is 3.63. The maximum atomic E-state index is 9.59. The van der Waals surface area contributed by atoms with Crippen molar-refractivity contribution in [3.63, 3.8) is 0 Å². The van der Waals surface area contributed by atoms with Crippen molar-refractivity contribution < 1.29 is 5.21 Å². The molecule has 0 spiro atoms. The Balaban J connectivity index is 3.04. The van der Waals surface area contributed by atoms with E-state index in [1.807, 2.05) is 27.7 Å². The van der Waals surface area contributed by atoms with Gasteiger partial charge in [0.2, 0.25) is 0 Å². The summed E-state index contributed by atoms with van der Waals surface area (Å²) < 4.78 is 0. The summed E-state index contributed by atoms with van der Waals surface area (Å²) >= 11 is 0. The molecule has 1 aliphatic heterocycles. The minimum absolute atomic E-state index is 0.477. The van der Waals surface area contributed by atoms with Crippen molar-refractivity contribution in [2.45, 2.75) is 38.9 Å². The number of hydroxylamine groups is 2. The second kappa shape index (κ2) is 1.95. The van der Waals surface area contributed by atoms with Crippen molar-refractivity contribution >= 4 is 5.84 Å². The van der Waals surface area contributed by atoms with Crippen molar-refractivity contribution in [3.8, 4) is 0 Å². The van der Waals surface area contributed by atoms with Crippen LogP contribution in [0.15, 0.2) is 4.99 Å². The van der Waals surface area contributed by atoms with E-state index < -0.39 is 11.2 Å². The van der Waals surface area contributed by atoms with Gasteiger partial charge in [0.15, 0.2) is 0 Å². The van der Waals surface area contributed by atoms with E-state index >= 15 is 0 Å². The number of hydrogen-bond donors (Lipinski definition) is 2. The van der Waals surface area contributed by atoms with E-state index in [-0.39, 0.29) is 0 Å². The zero-order valence-electron chi connectivity index (χ0n) is 7.42. The van der Waals surface area contributed by atoms with E-state index in [1.54, 1.807) is 0 Å². The monoisotopic (exact) mass is 157 g/mol. The standard InChI is InChI=1S/C7H15N3O/c1-6(2)5(8)9-7(3,4)10(6)11/h11H,1-4H3,(H2,8,9). The predicted molar refractivity (Wildman–Crippen MR) is 43.4 cm³/mol. The zero-order valence-corrected chi connectivity index (χ0v) is 7.42. The molecule has 0 unspecified atom stereocenters. The molecule has 11 heavy (non-hydrogen) atoms. The summed E-state index contributed by atoms with van der Waals surface area (Å²) in [6, 6.07) is 0. The number of rotatable bonds is 0. The molecule has 0 amide bonds. The molecule has 4 nitrogen and oxygen atoms in total. The summed E-state index contributed by atoms with van der Waals surface area (Å²) in [7, 11) is 0. The van der Waals surface area contributed by atoms with Gasteiger partial charge < -0.3 is 10.9 Å². The van der Waals surface area contributed by atoms with Gasteiger partial charge in [-0.2, -0.15) is 5.06 Å². The van der Waals surface area contributed by atoms with E-state index in [0.717, 1.165) is 0 Å². The summed E-state index contributed by atoms with van der Waals surface area (Å²) in [6.07, 6.45) is 0. The van der Waals surface area contributed by atoms with Gasteiger partial charge in [-0.05, 0) is 27.7 Å². The van der Waals surface area contributed by atoms with Gasteiger partial charge in [-0.3, -0.25) is 0 Å². The van der Waals surface area contributed by atoms with E-state index in [1.165, 1.54) is 5.06 Å². The number of nitrogens with two attached hydrogens (primary N) is 1. The van der Waals surface area contributed by atoms with Crippen LogP contribution in [0.25, 0.3) is 0 Å². The van der Waals surface area contributed by atoms with Gasteiger partial charge in [-0.25, -0.2) is 4.99 Å². The molecule has 0 aromatic rings. The Morgan fingerprint density at radius 1 is 1.36 bits per heavy atom. The van der Waals surface area contributed by atoms with Gasteiger partial charge in [-0.15, -0.1) is 0 Å². The molecule has 0 saturated heterocycles. The van der Waals surface area contributed by atoms with Crippen molar-refractivity contribution in [1.29, 1.82) is 0 Å². The first-order chi connectivity index (χ1) is 4.78. The first-order valence-corrected chi connectivity index (χ1v) is 3.63. The molecule has 0 fully saturated rings. The maximum absolute atomic E-state index is 9.59. The molecule has 0 radical (unpaired) electrons. The molecule has 0 bridgehead atoms. The van der Waals surface area contributed by atoms with Gasteiger partial charge in [-0.1, -0.05) is 0 Å². The van der Waals surface area contributed by atoms with Crippen LogP contribution in [0.1, 0.15) is 27.7 Å². The van der Waals surface area contributed by atoms with Crippen LogP contribution in [0.3, 0.4) is 0 Å². The molecular weight excluding hydrogens is 142 g/mol. The lowest BCUT2D eigenvalue weighted by atomic mass is 10.0. The molecular formula is C7H15N3O. The minimum atomic E-state index is -0.590. The highest BCUT2D eigenvalue weighted by molar-refractivity contribution is 5.91. The Morgan fingerprint density at radius 3 is 1.91 bits per heavy atom. The molecule has 1 heterocycles. The average Bonchev–Trinajstić information content (AvgIpc) is 1.94. The van der Waals surface area contributed by atoms with Crippen LogP contribution < -0.4 is 5.73 Å². The summed E-state index contributed by atoms with van der Waals surface area (Å²) in [5.41, 5.74) is 4.50. The fourth-order valence-electron chi connectivity index (χ4n) is 1.27. The van der Waals surface area contributed by atoms with Gasteiger partial charge >= 0.3 is 0 Å². The number of amidine groups is 1. The van der Waals surface area contributed by atoms with E-state index in [4.69, 9.17) is 5.73 Å². The third kappa shape index (κ3) is 1.02. The van der Waals surface area contributed by atoms with Crippen LogP contribution in [0.2, 0.25) is 0 Å². The highest BCUT2D eigenvalue weighted by atomic mass is 16.5. The van der Waals surface area contributed by atoms with E-state index in [0.29, 0.717) is 5.84 Å². The van der Waals surface area contributed by atoms with Gasteiger partial charge in [0.05, 0.1) is 5.54 Å². The molecule has 3 N–H and O–H groups in total. The predicted octanol–water partition coefficient (Wildman–Crippen LogP) is 0.563. The Morgan fingerprint density at radius 2 is 1.82 bits per heavy atom. The number of nitrogens with zero attached hydrogens (tertiary/aromatic N) is 2. The van der Waals surface area contributed by atoms with Crippen LogP contribution in [0.4, 0.5) is 0 Å². The smallest absolute Gasteiger partial charge is 0.132 e. The summed E-state index contributed by atoms with van der Waals surface area (Å²) in [5, 5.41) is 10.8.